The van der Waals surface area contributed by atoms with Crippen LogP contribution in [-0.4, -0.2) is 51.5 Å². The van der Waals surface area contributed by atoms with Crippen molar-refractivity contribution in [2.75, 3.05) is 26.9 Å². The number of thiol groups is 1. The third-order valence-electron chi connectivity index (χ3n) is 1.44. The third-order valence-corrected chi connectivity index (χ3v) is 2.54. The van der Waals surface area contributed by atoms with Gasteiger partial charge in [-0.2, -0.15) is 13.1 Å². The molecule has 10 heteroatoms. The molecule has 0 saturated carbocycles. The molecule has 19 heavy (non-hydrogen) atoms. The van der Waals surface area contributed by atoms with Crippen LogP contribution in [0.25, 0.3) is 0 Å². The lowest BCUT2D eigenvalue weighted by Crippen LogP contribution is -2.21. The van der Waals surface area contributed by atoms with E-state index < -0.39 is 28.0 Å². The summed E-state index contributed by atoms with van der Waals surface area (Å²) in [5, 5.41) is 7.49. The summed E-state index contributed by atoms with van der Waals surface area (Å²) in [5.74, 6) is -1.09. The van der Waals surface area contributed by atoms with Gasteiger partial charge in [-0.15, -0.1) is 12.6 Å². The van der Waals surface area contributed by atoms with Crippen LogP contribution in [0.15, 0.2) is 0 Å². The van der Waals surface area contributed by atoms with E-state index in [4.69, 9.17) is 5.11 Å². The number of aliphatic carboxylic acids is 1. The average molecular weight is 317 g/mol. The van der Waals surface area contributed by atoms with Crippen molar-refractivity contribution < 1.29 is 32.0 Å². The summed E-state index contributed by atoms with van der Waals surface area (Å²) in [6.07, 6.45) is 1.69. The van der Waals surface area contributed by atoms with Crippen molar-refractivity contribution in [2.24, 2.45) is 0 Å². The molecule has 0 aromatic carbocycles. The zero-order valence-corrected chi connectivity index (χ0v) is 12.5. The number of hydrogen-bond donors (Lipinski definition) is 3. The lowest BCUT2D eigenvalue weighted by atomic mass is 10.4. The molecule has 0 amide bonds. The second-order valence-corrected chi connectivity index (χ2v) is 5.17. The highest BCUT2D eigenvalue weighted by atomic mass is 32.2. The average Bonchev–Trinajstić information content (AvgIpc) is 2.29. The summed E-state index contributed by atoms with van der Waals surface area (Å²) in [6, 6.07) is 0. The van der Waals surface area contributed by atoms with E-state index in [1.54, 1.807) is 0 Å². The van der Waals surface area contributed by atoms with Gasteiger partial charge in [0.15, 0.2) is 0 Å². The molecule has 0 atom stereocenters. The van der Waals surface area contributed by atoms with Gasteiger partial charge in [0.05, 0.1) is 6.61 Å². The van der Waals surface area contributed by atoms with Gasteiger partial charge in [0.25, 0.3) is 0 Å². The summed E-state index contributed by atoms with van der Waals surface area (Å²) >= 11 is 3.34. The maximum absolute atomic E-state index is 10.5. The Bertz CT molecular complexity index is 342. The Hall–Kier alpha value is -0.680. The van der Waals surface area contributed by atoms with Crippen molar-refractivity contribution in [1.29, 1.82) is 0 Å². The predicted octanol–water partition coefficient (Wildman–Crippen LogP) is -0.189. The number of carboxylic acid groups (broad SMARTS) is 1. The zero-order valence-electron chi connectivity index (χ0n) is 10.8. The predicted molar refractivity (Wildman–Crippen MR) is 71.3 cm³/mol. The summed E-state index contributed by atoms with van der Waals surface area (Å²) < 4.78 is 31.9. The second kappa shape index (κ2) is 12.4. The van der Waals surface area contributed by atoms with E-state index in [0.717, 1.165) is 12.8 Å². The quantitative estimate of drug-likeness (QED) is 0.398. The fraction of sp³-hybridized carbons (Fsp3) is 0.778. The van der Waals surface area contributed by atoms with E-state index in [1.807, 2.05) is 6.92 Å². The molecule has 0 unspecified atom stereocenters. The van der Waals surface area contributed by atoms with Crippen LogP contribution in [0.1, 0.15) is 19.8 Å². The van der Waals surface area contributed by atoms with Gasteiger partial charge in [0.2, 0.25) is 5.12 Å². The molecule has 0 aliphatic rings. The minimum atomic E-state index is -3.44. The SMILES string of the molecule is CCCCOS(=O)(=O)NC.O=C(O)COCC(=O)S. The van der Waals surface area contributed by atoms with Crippen molar-refractivity contribution in [3.63, 3.8) is 0 Å². The number of hydrogen-bond acceptors (Lipinski definition) is 6. The van der Waals surface area contributed by atoms with Crippen molar-refractivity contribution in [3.8, 4) is 0 Å². The van der Waals surface area contributed by atoms with Crippen LogP contribution in [0.2, 0.25) is 0 Å². The van der Waals surface area contributed by atoms with Crippen molar-refractivity contribution in [2.45, 2.75) is 19.8 Å². The molecule has 114 valence electrons. The number of carbonyl (C=O) groups excluding carboxylic acids is 1. The molecule has 0 heterocycles. The highest BCUT2D eigenvalue weighted by Crippen LogP contribution is 1.91. The Labute approximate surface area is 118 Å². The van der Waals surface area contributed by atoms with Gasteiger partial charge in [0.1, 0.15) is 13.2 Å². The molecule has 0 fully saturated rings. The van der Waals surface area contributed by atoms with Gasteiger partial charge in [-0.1, -0.05) is 13.3 Å². The molecule has 0 rings (SSSR count). The Kier molecular flexibility index (Phi) is 13.4. The standard InChI is InChI=1S/C5H13NO3S.C4H6O4S/c1-3-4-5-9-10(7,8)6-2;5-3(6)1-8-2-4(7)9/h6H,3-5H2,1-2H3;1-2H2,(H,5,6)(H,7,9). The number of carboxylic acids is 1. The minimum Gasteiger partial charge on any atom is -0.480 e. The Morgan fingerprint density at radius 2 is 1.89 bits per heavy atom. The molecule has 8 nitrogen and oxygen atoms in total. The lowest BCUT2D eigenvalue weighted by molar-refractivity contribution is -0.142. The van der Waals surface area contributed by atoms with E-state index in [0.29, 0.717) is 0 Å². The number of unbranched alkanes of at least 4 members (excludes halogenated alkanes) is 1. The van der Waals surface area contributed by atoms with E-state index in [-0.39, 0.29) is 13.2 Å². The van der Waals surface area contributed by atoms with Crippen LogP contribution < -0.4 is 4.72 Å². The second-order valence-electron chi connectivity index (χ2n) is 3.11. The third kappa shape index (κ3) is 19.8. The molecule has 0 bridgehead atoms. The molecule has 0 radical (unpaired) electrons. The summed E-state index contributed by atoms with van der Waals surface area (Å²) in [6.45, 7) is 1.52. The van der Waals surface area contributed by atoms with Crippen molar-refractivity contribution >= 4 is 34.0 Å². The van der Waals surface area contributed by atoms with Gasteiger partial charge in [0, 0.05) is 7.05 Å². The molecular formula is C9H19NO7S2. The smallest absolute Gasteiger partial charge is 0.335 e. The summed E-state index contributed by atoms with van der Waals surface area (Å²) in [5.41, 5.74) is 0. The normalized spacial score (nSPS) is 10.5. The van der Waals surface area contributed by atoms with Crippen molar-refractivity contribution in [3.05, 3.63) is 0 Å². The first-order valence-electron chi connectivity index (χ1n) is 5.34. The van der Waals surface area contributed by atoms with Gasteiger partial charge < -0.3 is 9.84 Å². The van der Waals surface area contributed by atoms with Gasteiger partial charge in [-0.25, -0.2) is 4.79 Å². The molecule has 0 aromatic rings. The number of nitrogens with one attached hydrogen (secondary N) is 1. The monoisotopic (exact) mass is 317 g/mol. The Morgan fingerprint density at radius 3 is 2.26 bits per heavy atom. The molecule has 0 aliphatic heterocycles. The highest BCUT2D eigenvalue weighted by Gasteiger charge is 2.04. The summed E-state index contributed by atoms with van der Waals surface area (Å²) in [7, 11) is -2.12. The van der Waals surface area contributed by atoms with Crippen LogP contribution in [0, 0.1) is 0 Å². The fourth-order valence-electron chi connectivity index (χ4n) is 0.598. The topological polar surface area (TPSA) is 119 Å². The van der Waals surface area contributed by atoms with Gasteiger partial charge in [-0.05, 0) is 6.42 Å². The molecule has 0 aliphatic carbocycles. The van der Waals surface area contributed by atoms with Crippen LogP contribution in [0.3, 0.4) is 0 Å². The fourth-order valence-corrected chi connectivity index (χ4v) is 1.14. The van der Waals surface area contributed by atoms with Gasteiger partial charge >= 0.3 is 16.3 Å². The first-order chi connectivity index (χ1) is 8.75. The van der Waals surface area contributed by atoms with Crippen LogP contribution >= 0.6 is 12.6 Å². The van der Waals surface area contributed by atoms with Crippen molar-refractivity contribution in [1.82, 2.24) is 4.72 Å². The maximum atomic E-state index is 10.5. The Balaban J connectivity index is 0. The molecule has 0 saturated heterocycles. The largest absolute Gasteiger partial charge is 0.480 e. The lowest BCUT2D eigenvalue weighted by Gasteiger charge is -2.00. The van der Waals surface area contributed by atoms with E-state index >= 15 is 0 Å². The van der Waals surface area contributed by atoms with Crippen LogP contribution in [0.4, 0.5) is 0 Å². The first-order valence-corrected chi connectivity index (χ1v) is 7.20. The zero-order chi connectivity index (χ0) is 15.3. The van der Waals surface area contributed by atoms with Crippen LogP contribution in [-0.2, 0) is 28.8 Å². The van der Waals surface area contributed by atoms with E-state index in [2.05, 4.69) is 26.3 Å². The highest BCUT2D eigenvalue weighted by molar-refractivity contribution is 7.96. The molecule has 0 aromatic heterocycles. The summed E-state index contributed by atoms with van der Waals surface area (Å²) in [4.78, 5) is 19.7. The number of ether oxygens (including phenoxy) is 1. The molecule has 2 N–H and O–H groups in total. The van der Waals surface area contributed by atoms with Crippen LogP contribution in [0.5, 0.6) is 0 Å². The molecule has 0 spiro atoms. The maximum Gasteiger partial charge on any atom is 0.335 e. The minimum absolute atomic E-state index is 0.255. The molecular weight excluding hydrogens is 298 g/mol. The van der Waals surface area contributed by atoms with E-state index in [9.17, 15) is 18.0 Å². The number of rotatable bonds is 9. The Morgan fingerprint density at radius 1 is 1.32 bits per heavy atom. The number of carbonyl (C=O) groups is 2. The van der Waals surface area contributed by atoms with E-state index in [1.165, 1.54) is 7.05 Å². The first kappa shape index (κ1) is 20.6. The van der Waals surface area contributed by atoms with Gasteiger partial charge in [-0.3, -0.25) is 8.98 Å².